The largest absolute Gasteiger partial charge is 0.466 e. The van der Waals surface area contributed by atoms with E-state index in [2.05, 4.69) is 0 Å². The van der Waals surface area contributed by atoms with Crippen LogP contribution in [0.15, 0.2) is 0 Å². The zero-order chi connectivity index (χ0) is 10.3. The van der Waals surface area contributed by atoms with Crippen molar-refractivity contribution in [1.82, 2.24) is 0 Å². The minimum Gasteiger partial charge on any atom is -0.466 e. The Morgan fingerprint density at radius 1 is 1.46 bits per heavy atom. The molecule has 0 aliphatic heterocycles. The second kappa shape index (κ2) is 6.86. The number of hydrogen-bond donors (Lipinski definition) is 1. The van der Waals surface area contributed by atoms with Crippen LogP contribution in [0, 0.1) is 0 Å². The third kappa shape index (κ3) is 7.74. The maximum Gasteiger partial charge on any atom is 0.308 e. The minimum atomic E-state index is -0.423. The monoisotopic (exact) mass is 190 g/mol. The fraction of sp³-hybridized carbons (Fsp3) is 0.889. The maximum absolute atomic E-state index is 11.0. The molecule has 1 N–H and O–H groups in total. The van der Waals surface area contributed by atoms with Gasteiger partial charge in [-0.3, -0.25) is 4.79 Å². The summed E-state index contributed by atoms with van der Waals surface area (Å²) in [6.45, 7) is 3.73. The third-order valence-electron chi connectivity index (χ3n) is 1.66. The van der Waals surface area contributed by atoms with E-state index in [-0.39, 0.29) is 25.1 Å². The fourth-order valence-corrected chi connectivity index (χ4v) is 0.720. The third-order valence-corrected chi connectivity index (χ3v) is 1.66. The number of carbonyl (C=O) groups is 1. The zero-order valence-corrected chi connectivity index (χ0v) is 8.45. The Hall–Kier alpha value is -0.610. The Kier molecular flexibility index (Phi) is 6.54. The van der Waals surface area contributed by atoms with Gasteiger partial charge < -0.3 is 14.6 Å². The molecule has 0 spiro atoms. The highest BCUT2D eigenvalue weighted by molar-refractivity contribution is 5.69. The molecule has 4 heteroatoms. The highest BCUT2D eigenvalue weighted by Crippen LogP contribution is 1.99. The van der Waals surface area contributed by atoms with Crippen LogP contribution in [-0.2, 0) is 14.3 Å². The Bertz CT molecular complexity index is 145. The van der Waals surface area contributed by atoms with E-state index in [0.29, 0.717) is 6.42 Å². The van der Waals surface area contributed by atoms with Gasteiger partial charge in [0.2, 0.25) is 0 Å². The summed E-state index contributed by atoms with van der Waals surface area (Å²) in [5.41, 5.74) is 0. The van der Waals surface area contributed by atoms with Crippen molar-refractivity contribution in [2.75, 3.05) is 13.7 Å². The van der Waals surface area contributed by atoms with Gasteiger partial charge >= 0.3 is 5.97 Å². The van der Waals surface area contributed by atoms with E-state index in [9.17, 15) is 4.79 Å². The molecule has 4 nitrogen and oxygen atoms in total. The van der Waals surface area contributed by atoms with Crippen molar-refractivity contribution in [1.29, 1.82) is 0 Å². The van der Waals surface area contributed by atoms with E-state index in [1.165, 1.54) is 0 Å². The van der Waals surface area contributed by atoms with E-state index >= 15 is 0 Å². The molecule has 0 unspecified atom stereocenters. The predicted octanol–water partition coefficient (Wildman–Crippen LogP) is 0.726. The molecule has 0 radical (unpaired) electrons. The van der Waals surface area contributed by atoms with Gasteiger partial charge in [0.15, 0.2) is 0 Å². The van der Waals surface area contributed by atoms with Gasteiger partial charge in [0.25, 0.3) is 0 Å². The molecular formula is C9H18O4. The first kappa shape index (κ1) is 12.4. The summed E-state index contributed by atoms with van der Waals surface area (Å²) in [6, 6.07) is 0. The number of ether oxygens (including phenoxy) is 2. The molecule has 0 aliphatic carbocycles. The molecule has 78 valence electrons. The summed E-state index contributed by atoms with van der Waals surface area (Å²) in [4.78, 5) is 11.0. The summed E-state index contributed by atoms with van der Waals surface area (Å²) >= 11 is 0. The van der Waals surface area contributed by atoms with E-state index in [1.807, 2.05) is 0 Å². The molecule has 0 bridgehead atoms. The van der Waals surface area contributed by atoms with Crippen LogP contribution in [0.4, 0.5) is 0 Å². The topological polar surface area (TPSA) is 55.8 Å². The van der Waals surface area contributed by atoms with Crippen molar-refractivity contribution in [3.05, 3.63) is 0 Å². The van der Waals surface area contributed by atoms with Crippen molar-refractivity contribution in [2.24, 2.45) is 0 Å². The quantitative estimate of drug-likeness (QED) is 0.627. The van der Waals surface area contributed by atoms with Gasteiger partial charge in [-0.2, -0.15) is 0 Å². The number of hydrogen-bond acceptors (Lipinski definition) is 4. The Morgan fingerprint density at radius 2 is 2.08 bits per heavy atom. The molecule has 0 rings (SSSR count). The second-order valence-corrected chi connectivity index (χ2v) is 3.11. The number of methoxy groups -OCH3 is 1. The normalized spacial score (nSPS) is 15.1. The summed E-state index contributed by atoms with van der Waals surface area (Å²) in [6.07, 6.45) is 0.204. The lowest BCUT2D eigenvalue weighted by atomic mass is 10.3. The van der Waals surface area contributed by atoms with Gasteiger partial charge in [-0.25, -0.2) is 0 Å². The number of aliphatic hydroxyl groups excluding tert-OH is 1. The van der Waals surface area contributed by atoms with E-state index in [4.69, 9.17) is 14.6 Å². The Morgan fingerprint density at radius 3 is 2.54 bits per heavy atom. The van der Waals surface area contributed by atoms with Crippen LogP contribution in [0.2, 0.25) is 0 Å². The Balaban J connectivity index is 3.41. The fourth-order valence-electron chi connectivity index (χ4n) is 0.720. The van der Waals surface area contributed by atoms with Crippen molar-refractivity contribution < 1.29 is 19.4 Å². The van der Waals surface area contributed by atoms with Crippen LogP contribution in [-0.4, -0.2) is 37.0 Å². The van der Waals surface area contributed by atoms with Crippen LogP contribution in [0.5, 0.6) is 0 Å². The van der Waals surface area contributed by atoms with Crippen LogP contribution >= 0.6 is 0 Å². The number of carbonyl (C=O) groups excluding carboxylic acids is 1. The molecular weight excluding hydrogens is 172 g/mol. The molecule has 0 aromatic rings. The highest BCUT2D eigenvalue weighted by Gasteiger charge is 2.09. The average Bonchev–Trinajstić information content (AvgIpc) is 2.03. The molecule has 0 saturated heterocycles. The van der Waals surface area contributed by atoms with Crippen LogP contribution < -0.4 is 0 Å². The molecule has 13 heavy (non-hydrogen) atoms. The lowest BCUT2D eigenvalue weighted by molar-refractivity contribution is -0.146. The van der Waals surface area contributed by atoms with Crippen molar-refractivity contribution in [2.45, 2.75) is 38.9 Å². The van der Waals surface area contributed by atoms with Gasteiger partial charge in [0, 0.05) is 13.5 Å². The molecule has 0 saturated carbocycles. The smallest absolute Gasteiger partial charge is 0.308 e. The van der Waals surface area contributed by atoms with Crippen LogP contribution in [0.25, 0.3) is 0 Å². The number of aliphatic hydroxyl groups is 1. The van der Waals surface area contributed by atoms with E-state index < -0.39 is 6.10 Å². The zero-order valence-electron chi connectivity index (χ0n) is 8.45. The first-order valence-electron chi connectivity index (χ1n) is 4.42. The second-order valence-electron chi connectivity index (χ2n) is 3.11. The van der Waals surface area contributed by atoms with E-state index in [0.717, 1.165) is 0 Å². The molecule has 2 atom stereocenters. The van der Waals surface area contributed by atoms with Gasteiger partial charge in [-0.05, 0) is 13.8 Å². The lowest BCUT2D eigenvalue weighted by Crippen LogP contribution is -2.16. The van der Waals surface area contributed by atoms with Gasteiger partial charge in [0.1, 0.15) is 0 Å². The Labute approximate surface area is 78.8 Å². The summed E-state index contributed by atoms with van der Waals surface area (Å²) in [5, 5.41) is 8.88. The molecule has 0 aliphatic rings. The van der Waals surface area contributed by atoms with Crippen LogP contribution in [0.3, 0.4) is 0 Å². The molecule has 0 aromatic heterocycles. The van der Waals surface area contributed by atoms with Crippen molar-refractivity contribution in [3.8, 4) is 0 Å². The van der Waals surface area contributed by atoms with Crippen LogP contribution in [0.1, 0.15) is 26.7 Å². The SMILES string of the molecule is CO[C@H](C)CC(=O)OCC[C@@H](C)O. The predicted molar refractivity (Wildman–Crippen MR) is 48.3 cm³/mol. The molecule has 0 amide bonds. The summed E-state index contributed by atoms with van der Waals surface area (Å²) in [7, 11) is 1.55. The first-order chi connectivity index (χ1) is 6.06. The minimum absolute atomic E-state index is 0.112. The van der Waals surface area contributed by atoms with E-state index in [1.54, 1.807) is 21.0 Å². The van der Waals surface area contributed by atoms with Gasteiger partial charge in [-0.15, -0.1) is 0 Å². The number of esters is 1. The maximum atomic E-state index is 11.0. The van der Waals surface area contributed by atoms with Gasteiger partial charge in [-0.1, -0.05) is 0 Å². The van der Waals surface area contributed by atoms with Gasteiger partial charge in [0.05, 0.1) is 25.2 Å². The standard InChI is InChI=1S/C9H18O4/c1-7(10)4-5-13-9(11)6-8(2)12-3/h7-8,10H,4-6H2,1-3H3/t7-,8-/m1/s1. The molecule has 0 aromatic carbocycles. The first-order valence-corrected chi connectivity index (χ1v) is 4.42. The summed E-state index contributed by atoms with van der Waals surface area (Å²) < 4.78 is 9.74. The van der Waals surface area contributed by atoms with Crippen molar-refractivity contribution >= 4 is 5.97 Å². The van der Waals surface area contributed by atoms with Crippen molar-refractivity contribution in [3.63, 3.8) is 0 Å². The average molecular weight is 190 g/mol. The lowest BCUT2D eigenvalue weighted by Gasteiger charge is -2.09. The summed E-state index contributed by atoms with van der Waals surface area (Å²) in [5.74, 6) is -0.282. The highest BCUT2D eigenvalue weighted by atomic mass is 16.5. The molecule has 0 fully saturated rings. The number of rotatable bonds is 6. The molecule has 0 heterocycles.